The monoisotopic (exact) mass is 252 g/mol. The molecule has 18 heavy (non-hydrogen) atoms. The number of hydrogen-bond acceptors (Lipinski definition) is 3. The quantitative estimate of drug-likeness (QED) is 0.828. The van der Waals surface area contributed by atoms with E-state index in [9.17, 15) is 5.11 Å². The molecule has 2 heterocycles. The standard InChI is InChI=1S/C15H28N2O/c1-13-9-16-8-4-5-14(16)10-17(13)11-15(12-18)6-2-3-7-15/h13-14,18H,2-12H2,1H3. The molecule has 2 aliphatic heterocycles. The smallest absolute Gasteiger partial charge is 0.0499 e. The zero-order valence-corrected chi connectivity index (χ0v) is 11.8. The van der Waals surface area contributed by atoms with Gasteiger partial charge in [-0.15, -0.1) is 0 Å². The summed E-state index contributed by atoms with van der Waals surface area (Å²) in [5.74, 6) is 0. The van der Waals surface area contributed by atoms with E-state index < -0.39 is 0 Å². The van der Waals surface area contributed by atoms with Crippen molar-refractivity contribution in [1.82, 2.24) is 9.80 Å². The summed E-state index contributed by atoms with van der Waals surface area (Å²) in [6.45, 7) is 7.69. The van der Waals surface area contributed by atoms with Crippen LogP contribution in [0.4, 0.5) is 0 Å². The Morgan fingerprint density at radius 1 is 1.17 bits per heavy atom. The lowest BCUT2D eigenvalue weighted by Crippen LogP contribution is -2.57. The number of rotatable bonds is 3. The van der Waals surface area contributed by atoms with Crippen molar-refractivity contribution in [3.8, 4) is 0 Å². The summed E-state index contributed by atoms with van der Waals surface area (Å²) in [6, 6.07) is 1.47. The van der Waals surface area contributed by atoms with Crippen LogP contribution in [-0.2, 0) is 0 Å². The summed E-state index contributed by atoms with van der Waals surface area (Å²) in [4.78, 5) is 5.36. The van der Waals surface area contributed by atoms with Crippen molar-refractivity contribution in [2.24, 2.45) is 5.41 Å². The van der Waals surface area contributed by atoms with Crippen molar-refractivity contribution in [3.63, 3.8) is 0 Å². The lowest BCUT2D eigenvalue weighted by molar-refractivity contribution is 0.00747. The molecule has 104 valence electrons. The van der Waals surface area contributed by atoms with Crippen LogP contribution in [0.2, 0.25) is 0 Å². The van der Waals surface area contributed by atoms with Gasteiger partial charge >= 0.3 is 0 Å². The van der Waals surface area contributed by atoms with Crippen molar-refractivity contribution in [2.45, 2.75) is 57.5 Å². The van der Waals surface area contributed by atoms with E-state index in [0.29, 0.717) is 12.6 Å². The molecular formula is C15H28N2O. The van der Waals surface area contributed by atoms with Gasteiger partial charge in [-0.05, 0) is 39.2 Å². The predicted octanol–water partition coefficient (Wildman–Crippen LogP) is 1.71. The first-order chi connectivity index (χ1) is 8.72. The fraction of sp³-hybridized carbons (Fsp3) is 1.00. The van der Waals surface area contributed by atoms with Crippen molar-refractivity contribution in [1.29, 1.82) is 0 Å². The first-order valence-corrected chi connectivity index (χ1v) is 7.81. The molecule has 2 saturated heterocycles. The van der Waals surface area contributed by atoms with E-state index in [2.05, 4.69) is 16.7 Å². The van der Waals surface area contributed by atoms with Crippen LogP contribution in [0.5, 0.6) is 0 Å². The molecule has 3 nitrogen and oxygen atoms in total. The fourth-order valence-corrected chi connectivity index (χ4v) is 4.39. The molecule has 3 fully saturated rings. The second-order valence-corrected chi connectivity index (χ2v) is 6.93. The van der Waals surface area contributed by atoms with Crippen LogP contribution in [0.15, 0.2) is 0 Å². The highest BCUT2D eigenvalue weighted by Gasteiger charge is 2.40. The molecule has 3 heteroatoms. The van der Waals surface area contributed by atoms with E-state index in [1.165, 1.54) is 58.2 Å². The highest BCUT2D eigenvalue weighted by molar-refractivity contribution is 4.95. The van der Waals surface area contributed by atoms with E-state index in [-0.39, 0.29) is 5.41 Å². The lowest BCUT2D eigenvalue weighted by Gasteiger charge is -2.45. The van der Waals surface area contributed by atoms with E-state index >= 15 is 0 Å². The van der Waals surface area contributed by atoms with E-state index in [1.807, 2.05) is 0 Å². The summed E-state index contributed by atoms with van der Waals surface area (Å²) in [7, 11) is 0. The lowest BCUT2D eigenvalue weighted by atomic mass is 9.85. The van der Waals surface area contributed by atoms with Gasteiger partial charge in [-0.1, -0.05) is 12.8 Å². The largest absolute Gasteiger partial charge is 0.396 e. The maximum absolute atomic E-state index is 9.78. The second-order valence-electron chi connectivity index (χ2n) is 6.93. The van der Waals surface area contributed by atoms with Gasteiger partial charge in [-0.3, -0.25) is 9.80 Å². The normalized spacial score (nSPS) is 37.0. The topological polar surface area (TPSA) is 26.7 Å². The number of fused-ring (bicyclic) bond motifs is 1. The zero-order valence-electron chi connectivity index (χ0n) is 11.8. The zero-order chi connectivity index (χ0) is 12.6. The average molecular weight is 252 g/mol. The van der Waals surface area contributed by atoms with Crippen LogP contribution in [0, 0.1) is 5.41 Å². The molecule has 0 spiro atoms. The molecule has 1 N–H and O–H groups in total. The van der Waals surface area contributed by atoms with E-state index in [1.54, 1.807) is 0 Å². The molecule has 0 aromatic rings. The van der Waals surface area contributed by atoms with Gasteiger partial charge in [0.1, 0.15) is 0 Å². The minimum atomic E-state index is 0.231. The number of nitrogens with zero attached hydrogens (tertiary/aromatic N) is 2. The van der Waals surface area contributed by atoms with Crippen LogP contribution in [-0.4, -0.2) is 59.8 Å². The van der Waals surface area contributed by atoms with Crippen molar-refractivity contribution >= 4 is 0 Å². The second kappa shape index (κ2) is 5.10. The highest BCUT2D eigenvalue weighted by Crippen LogP contribution is 2.39. The first kappa shape index (κ1) is 12.9. The molecule has 0 aromatic heterocycles. The number of hydrogen-bond donors (Lipinski definition) is 1. The predicted molar refractivity (Wildman–Crippen MR) is 73.6 cm³/mol. The van der Waals surface area contributed by atoms with Gasteiger partial charge in [0.15, 0.2) is 0 Å². The van der Waals surface area contributed by atoms with Gasteiger partial charge in [0.2, 0.25) is 0 Å². The Hall–Kier alpha value is -0.120. The third-order valence-electron chi connectivity index (χ3n) is 5.60. The summed E-state index contributed by atoms with van der Waals surface area (Å²) in [5, 5.41) is 9.78. The Kier molecular flexibility index (Phi) is 3.65. The summed E-state index contributed by atoms with van der Waals surface area (Å²) in [5.41, 5.74) is 0.231. The Balaban J connectivity index is 1.64. The fourth-order valence-electron chi connectivity index (χ4n) is 4.39. The highest BCUT2D eigenvalue weighted by atomic mass is 16.3. The van der Waals surface area contributed by atoms with Crippen molar-refractivity contribution in [3.05, 3.63) is 0 Å². The van der Waals surface area contributed by atoms with Gasteiger partial charge in [-0.25, -0.2) is 0 Å². The molecule has 2 atom stereocenters. The van der Waals surface area contributed by atoms with Crippen molar-refractivity contribution in [2.75, 3.05) is 32.8 Å². The number of piperazine rings is 1. The van der Waals surface area contributed by atoms with Gasteiger partial charge in [0.05, 0.1) is 0 Å². The maximum Gasteiger partial charge on any atom is 0.0499 e. The summed E-state index contributed by atoms with van der Waals surface area (Å²) in [6.07, 6.45) is 7.88. The molecule has 3 rings (SSSR count). The minimum absolute atomic E-state index is 0.231. The molecule has 0 aromatic carbocycles. The molecule has 2 unspecified atom stereocenters. The van der Waals surface area contributed by atoms with Gasteiger partial charge in [0.25, 0.3) is 0 Å². The Labute approximate surface area is 111 Å². The van der Waals surface area contributed by atoms with Gasteiger partial charge in [0, 0.05) is 43.7 Å². The molecule has 1 aliphatic carbocycles. The van der Waals surface area contributed by atoms with Gasteiger partial charge in [-0.2, -0.15) is 0 Å². The Morgan fingerprint density at radius 2 is 1.94 bits per heavy atom. The summed E-state index contributed by atoms with van der Waals surface area (Å²) < 4.78 is 0. The van der Waals surface area contributed by atoms with Crippen LogP contribution >= 0.6 is 0 Å². The van der Waals surface area contributed by atoms with E-state index in [4.69, 9.17) is 0 Å². The van der Waals surface area contributed by atoms with Crippen LogP contribution in [0.25, 0.3) is 0 Å². The molecule has 0 radical (unpaired) electrons. The van der Waals surface area contributed by atoms with Gasteiger partial charge < -0.3 is 5.11 Å². The third-order valence-corrected chi connectivity index (χ3v) is 5.60. The number of aliphatic hydroxyl groups excluding tert-OH is 1. The molecular weight excluding hydrogens is 224 g/mol. The summed E-state index contributed by atoms with van der Waals surface area (Å²) >= 11 is 0. The minimum Gasteiger partial charge on any atom is -0.396 e. The van der Waals surface area contributed by atoms with Crippen LogP contribution in [0.3, 0.4) is 0 Å². The van der Waals surface area contributed by atoms with Crippen LogP contribution in [0.1, 0.15) is 45.4 Å². The third kappa shape index (κ3) is 2.33. The maximum atomic E-state index is 9.78. The Bertz CT molecular complexity index is 288. The van der Waals surface area contributed by atoms with Crippen LogP contribution < -0.4 is 0 Å². The molecule has 3 aliphatic rings. The SMILES string of the molecule is CC1CN2CCCC2CN1CC1(CO)CCCC1. The molecule has 0 amide bonds. The average Bonchev–Trinajstić information content (AvgIpc) is 2.99. The first-order valence-electron chi connectivity index (χ1n) is 7.81. The molecule has 0 bridgehead atoms. The number of aliphatic hydroxyl groups is 1. The van der Waals surface area contributed by atoms with Crippen molar-refractivity contribution < 1.29 is 5.11 Å². The Morgan fingerprint density at radius 3 is 2.67 bits per heavy atom. The molecule has 1 saturated carbocycles. The van der Waals surface area contributed by atoms with E-state index in [0.717, 1.165) is 12.6 Å².